The fourth-order valence-electron chi connectivity index (χ4n) is 3.23. The van der Waals surface area contributed by atoms with E-state index in [0.29, 0.717) is 16.9 Å². The Labute approximate surface area is 145 Å². The topological polar surface area (TPSA) is 65.2 Å². The lowest BCUT2D eigenvalue weighted by atomic mass is 10.1. The Bertz CT molecular complexity index is 906. The number of nitrogens with one attached hydrogen (secondary N) is 2. The molecule has 3 aromatic rings. The molecule has 2 N–H and O–H groups in total. The number of anilines is 1. The third-order valence-electron chi connectivity index (χ3n) is 4.54. The van der Waals surface area contributed by atoms with Gasteiger partial charge in [0.2, 0.25) is 0 Å². The molecule has 5 heteroatoms. The van der Waals surface area contributed by atoms with Crippen LogP contribution in [0.15, 0.2) is 54.6 Å². The lowest BCUT2D eigenvalue weighted by Gasteiger charge is -2.15. The van der Waals surface area contributed by atoms with Crippen LogP contribution in [-0.2, 0) is 0 Å². The van der Waals surface area contributed by atoms with Crippen LogP contribution in [0.5, 0.6) is 0 Å². The van der Waals surface area contributed by atoms with Gasteiger partial charge in [0.05, 0.1) is 0 Å². The number of benzene rings is 2. The summed E-state index contributed by atoms with van der Waals surface area (Å²) in [4.78, 5) is 29.9. The summed E-state index contributed by atoms with van der Waals surface area (Å²) >= 11 is 0. The van der Waals surface area contributed by atoms with Crippen molar-refractivity contribution in [3.8, 4) is 0 Å². The highest BCUT2D eigenvalue weighted by atomic mass is 16.2. The van der Waals surface area contributed by atoms with Crippen molar-refractivity contribution in [2.75, 3.05) is 18.4 Å². The maximum Gasteiger partial charge on any atom is 0.272 e. The predicted molar refractivity (Wildman–Crippen MR) is 97.8 cm³/mol. The van der Waals surface area contributed by atoms with Gasteiger partial charge < -0.3 is 15.2 Å². The van der Waals surface area contributed by atoms with Crippen molar-refractivity contribution in [3.05, 3.63) is 65.9 Å². The fraction of sp³-hybridized carbons (Fsp3) is 0.200. The lowest BCUT2D eigenvalue weighted by molar-refractivity contribution is 0.0792. The van der Waals surface area contributed by atoms with Gasteiger partial charge in [0.15, 0.2) is 0 Å². The summed E-state index contributed by atoms with van der Waals surface area (Å²) in [6.45, 7) is 1.62. The zero-order valence-electron chi connectivity index (χ0n) is 13.8. The van der Waals surface area contributed by atoms with Gasteiger partial charge in [-0.3, -0.25) is 9.59 Å². The number of aromatic nitrogens is 1. The molecule has 25 heavy (non-hydrogen) atoms. The van der Waals surface area contributed by atoms with E-state index in [-0.39, 0.29) is 11.8 Å². The van der Waals surface area contributed by atoms with Crippen LogP contribution in [0.1, 0.15) is 33.7 Å². The molecule has 0 unspecified atom stereocenters. The normalized spacial score (nSPS) is 14.0. The maximum atomic E-state index is 12.5. The number of hydrogen-bond acceptors (Lipinski definition) is 2. The summed E-state index contributed by atoms with van der Waals surface area (Å²) in [7, 11) is 0. The van der Waals surface area contributed by atoms with E-state index in [1.165, 1.54) is 0 Å². The molecule has 4 rings (SSSR count). The Morgan fingerprint density at radius 2 is 1.76 bits per heavy atom. The number of rotatable bonds is 3. The number of para-hydroxylation sites is 1. The number of aromatic amines is 1. The van der Waals surface area contributed by atoms with Crippen molar-refractivity contribution >= 4 is 28.4 Å². The molecule has 0 spiro atoms. The highest BCUT2D eigenvalue weighted by molar-refractivity contribution is 6.06. The number of fused-ring (bicyclic) bond motifs is 1. The summed E-state index contributed by atoms with van der Waals surface area (Å²) in [5.74, 6) is -0.193. The number of H-pyrrole nitrogens is 1. The van der Waals surface area contributed by atoms with Gasteiger partial charge in [0, 0.05) is 35.2 Å². The molecule has 0 atom stereocenters. The average Bonchev–Trinajstić information content (AvgIpc) is 3.31. The minimum Gasteiger partial charge on any atom is -0.351 e. The molecule has 0 radical (unpaired) electrons. The van der Waals surface area contributed by atoms with Crippen LogP contribution >= 0.6 is 0 Å². The molecule has 1 aliphatic rings. The monoisotopic (exact) mass is 333 g/mol. The average molecular weight is 333 g/mol. The first-order chi connectivity index (χ1) is 12.2. The Hall–Kier alpha value is -3.08. The van der Waals surface area contributed by atoms with Crippen LogP contribution < -0.4 is 5.32 Å². The van der Waals surface area contributed by atoms with Crippen LogP contribution in [0.2, 0.25) is 0 Å². The van der Waals surface area contributed by atoms with E-state index < -0.39 is 0 Å². The Morgan fingerprint density at radius 3 is 2.56 bits per heavy atom. The second kappa shape index (κ2) is 6.43. The van der Waals surface area contributed by atoms with E-state index >= 15 is 0 Å². The molecule has 5 nitrogen and oxygen atoms in total. The molecule has 1 fully saturated rings. The first-order valence-corrected chi connectivity index (χ1v) is 8.49. The Morgan fingerprint density at radius 1 is 0.960 bits per heavy atom. The molecule has 0 saturated carbocycles. The number of amides is 2. The van der Waals surface area contributed by atoms with E-state index in [1.54, 1.807) is 24.3 Å². The van der Waals surface area contributed by atoms with E-state index in [4.69, 9.17) is 0 Å². The van der Waals surface area contributed by atoms with Crippen LogP contribution in [0.25, 0.3) is 10.9 Å². The Kier molecular flexibility index (Phi) is 3.98. The zero-order chi connectivity index (χ0) is 17.2. The van der Waals surface area contributed by atoms with Crippen molar-refractivity contribution < 1.29 is 9.59 Å². The number of hydrogen-bond donors (Lipinski definition) is 2. The van der Waals surface area contributed by atoms with E-state index in [1.807, 2.05) is 35.2 Å². The molecular weight excluding hydrogens is 314 g/mol. The SMILES string of the molecule is O=C(Nc1cccc(C(=O)N2CCCC2)c1)c1cc2ccccc2[nH]1. The van der Waals surface area contributed by atoms with Gasteiger partial charge in [-0.25, -0.2) is 0 Å². The van der Waals surface area contributed by atoms with Crippen LogP contribution in [-0.4, -0.2) is 34.8 Å². The first-order valence-electron chi connectivity index (χ1n) is 8.49. The Balaban J connectivity index is 1.53. The molecule has 2 aromatic carbocycles. The second-order valence-corrected chi connectivity index (χ2v) is 6.30. The van der Waals surface area contributed by atoms with E-state index in [9.17, 15) is 9.59 Å². The minimum atomic E-state index is -0.220. The quantitative estimate of drug-likeness (QED) is 0.768. The van der Waals surface area contributed by atoms with Crippen LogP contribution in [0.4, 0.5) is 5.69 Å². The van der Waals surface area contributed by atoms with Gasteiger partial charge in [0.25, 0.3) is 11.8 Å². The summed E-state index contributed by atoms with van der Waals surface area (Å²) in [6.07, 6.45) is 2.12. The van der Waals surface area contributed by atoms with Crippen molar-refractivity contribution in [2.24, 2.45) is 0 Å². The fourth-order valence-corrected chi connectivity index (χ4v) is 3.23. The van der Waals surface area contributed by atoms with Gasteiger partial charge in [-0.1, -0.05) is 24.3 Å². The molecule has 2 amide bonds. The van der Waals surface area contributed by atoms with Crippen LogP contribution in [0.3, 0.4) is 0 Å². The summed E-state index contributed by atoms with van der Waals surface area (Å²) in [5, 5.41) is 3.86. The smallest absolute Gasteiger partial charge is 0.272 e. The van der Waals surface area contributed by atoms with E-state index in [0.717, 1.165) is 36.8 Å². The van der Waals surface area contributed by atoms with Gasteiger partial charge in [-0.15, -0.1) is 0 Å². The first kappa shape index (κ1) is 15.4. The number of nitrogens with zero attached hydrogens (tertiary/aromatic N) is 1. The molecular formula is C20H19N3O2. The van der Waals surface area contributed by atoms with Gasteiger partial charge in [0.1, 0.15) is 5.69 Å². The van der Waals surface area contributed by atoms with Gasteiger partial charge >= 0.3 is 0 Å². The van der Waals surface area contributed by atoms with Gasteiger partial charge in [-0.2, -0.15) is 0 Å². The lowest BCUT2D eigenvalue weighted by Crippen LogP contribution is -2.27. The third-order valence-corrected chi connectivity index (χ3v) is 4.54. The van der Waals surface area contributed by atoms with Crippen molar-refractivity contribution in [1.29, 1.82) is 0 Å². The summed E-state index contributed by atoms with van der Waals surface area (Å²) in [5.41, 5.74) is 2.65. The van der Waals surface area contributed by atoms with Gasteiger partial charge in [-0.05, 0) is 43.2 Å². The molecule has 0 aliphatic carbocycles. The molecule has 2 heterocycles. The summed E-state index contributed by atoms with van der Waals surface area (Å²) < 4.78 is 0. The van der Waals surface area contributed by atoms with E-state index in [2.05, 4.69) is 10.3 Å². The standard InChI is InChI=1S/C20H19N3O2/c24-19(18-13-14-6-1-2-9-17(14)22-18)21-16-8-5-7-15(12-16)20(25)23-10-3-4-11-23/h1-2,5-9,12-13,22H,3-4,10-11H2,(H,21,24). The predicted octanol–water partition coefficient (Wildman–Crippen LogP) is 3.66. The van der Waals surface area contributed by atoms with Crippen molar-refractivity contribution in [2.45, 2.75) is 12.8 Å². The maximum absolute atomic E-state index is 12.5. The highest BCUT2D eigenvalue weighted by Gasteiger charge is 2.19. The van der Waals surface area contributed by atoms with Crippen LogP contribution in [0, 0.1) is 0 Å². The molecule has 126 valence electrons. The largest absolute Gasteiger partial charge is 0.351 e. The molecule has 1 saturated heterocycles. The summed E-state index contributed by atoms with van der Waals surface area (Å²) in [6, 6.07) is 16.7. The second-order valence-electron chi connectivity index (χ2n) is 6.30. The zero-order valence-corrected chi connectivity index (χ0v) is 13.8. The van der Waals surface area contributed by atoms with Crippen molar-refractivity contribution in [1.82, 2.24) is 9.88 Å². The number of carbonyl (C=O) groups excluding carboxylic acids is 2. The highest BCUT2D eigenvalue weighted by Crippen LogP contribution is 2.19. The molecule has 1 aliphatic heterocycles. The molecule has 0 bridgehead atoms. The minimum absolute atomic E-state index is 0.0270. The van der Waals surface area contributed by atoms with Crippen molar-refractivity contribution in [3.63, 3.8) is 0 Å². The third kappa shape index (κ3) is 3.13. The molecule has 1 aromatic heterocycles. The number of likely N-dealkylation sites (tertiary alicyclic amines) is 1. The number of carbonyl (C=O) groups is 2.